The summed E-state index contributed by atoms with van der Waals surface area (Å²) in [4.78, 5) is 24.4. The normalized spacial score (nSPS) is 10.6. The summed E-state index contributed by atoms with van der Waals surface area (Å²) >= 11 is 3.33. The second-order valence-electron chi connectivity index (χ2n) is 6.51. The molecule has 0 aromatic heterocycles. The predicted octanol–water partition coefficient (Wildman–Crippen LogP) is 5.22. The zero-order valence-corrected chi connectivity index (χ0v) is 18.5. The maximum Gasteiger partial charge on any atom is 0.344 e. The minimum atomic E-state index is -0.452. The fraction of sp³-hybridized carbons (Fsp3) is 0.125. The van der Waals surface area contributed by atoms with Gasteiger partial charge in [0.25, 0.3) is 5.91 Å². The van der Waals surface area contributed by atoms with E-state index in [1.165, 1.54) is 6.21 Å². The average molecular weight is 481 g/mol. The van der Waals surface area contributed by atoms with Crippen LogP contribution in [-0.2, 0) is 0 Å². The molecule has 31 heavy (non-hydrogen) atoms. The molecule has 1 N–H and O–H groups in total. The average Bonchev–Trinajstić information content (AvgIpc) is 2.79. The molecule has 0 spiro atoms. The van der Waals surface area contributed by atoms with Crippen LogP contribution in [0.2, 0.25) is 0 Å². The molecule has 158 valence electrons. The highest BCUT2D eigenvalue weighted by Crippen LogP contribution is 2.19. The Morgan fingerprint density at radius 2 is 1.65 bits per heavy atom. The van der Waals surface area contributed by atoms with Crippen LogP contribution in [0.1, 0.15) is 39.6 Å². The Labute approximate surface area is 189 Å². The SMILES string of the molecule is CCCOc1ccc(C(=O)NN=Cc2ccc(OC(=O)c3ccccc3Br)cc2)cc1. The highest BCUT2D eigenvalue weighted by Gasteiger charge is 2.11. The summed E-state index contributed by atoms with van der Waals surface area (Å²) in [5.74, 6) is 0.360. The molecule has 0 radical (unpaired) electrons. The van der Waals surface area contributed by atoms with Crippen molar-refractivity contribution >= 4 is 34.0 Å². The van der Waals surface area contributed by atoms with E-state index in [-0.39, 0.29) is 5.91 Å². The molecular weight excluding hydrogens is 460 g/mol. The molecule has 0 atom stereocenters. The first-order valence-electron chi connectivity index (χ1n) is 9.70. The predicted molar refractivity (Wildman–Crippen MR) is 123 cm³/mol. The van der Waals surface area contributed by atoms with Crippen molar-refractivity contribution in [2.75, 3.05) is 6.61 Å². The number of esters is 1. The highest BCUT2D eigenvalue weighted by molar-refractivity contribution is 9.10. The second kappa shape index (κ2) is 11.1. The van der Waals surface area contributed by atoms with Crippen molar-refractivity contribution in [2.45, 2.75) is 13.3 Å². The standard InChI is InChI=1S/C24H21BrN2O4/c1-2-15-30-19-13-9-18(10-14-19)23(28)27-26-16-17-7-11-20(12-8-17)31-24(29)21-5-3-4-6-22(21)25/h3-14,16H,2,15H2,1H3,(H,27,28). The molecule has 3 rings (SSSR count). The van der Waals surface area contributed by atoms with Gasteiger partial charge >= 0.3 is 5.97 Å². The van der Waals surface area contributed by atoms with E-state index in [1.807, 2.05) is 13.0 Å². The van der Waals surface area contributed by atoms with E-state index in [0.29, 0.717) is 28.0 Å². The summed E-state index contributed by atoms with van der Waals surface area (Å²) in [5.41, 5.74) is 4.15. The van der Waals surface area contributed by atoms with Gasteiger partial charge in [-0.05, 0) is 88.6 Å². The van der Waals surface area contributed by atoms with Crippen LogP contribution in [0.15, 0.2) is 82.4 Å². The number of amides is 1. The van der Waals surface area contributed by atoms with Crippen LogP contribution < -0.4 is 14.9 Å². The number of benzene rings is 3. The van der Waals surface area contributed by atoms with Gasteiger partial charge in [0.2, 0.25) is 0 Å². The number of carbonyl (C=O) groups is 2. The van der Waals surface area contributed by atoms with E-state index in [1.54, 1.807) is 66.7 Å². The number of hydrogen-bond acceptors (Lipinski definition) is 5. The van der Waals surface area contributed by atoms with Crippen molar-refractivity contribution in [1.29, 1.82) is 0 Å². The van der Waals surface area contributed by atoms with Gasteiger partial charge in [0.05, 0.1) is 18.4 Å². The fourth-order valence-corrected chi connectivity index (χ4v) is 3.01. The van der Waals surface area contributed by atoms with Gasteiger partial charge in [-0.15, -0.1) is 0 Å². The van der Waals surface area contributed by atoms with Gasteiger partial charge in [-0.2, -0.15) is 5.10 Å². The lowest BCUT2D eigenvalue weighted by molar-refractivity contribution is 0.0733. The van der Waals surface area contributed by atoms with Crippen molar-refractivity contribution in [3.63, 3.8) is 0 Å². The molecule has 3 aromatic rings. The number of rotatable bonds is 8. The Hall–Kier alpha value is -3.45. The van der Waals surface area contributed by atoms with Crippen LogP contribution in [0.4, 0.5) is 0 Å². The Kier molecular flexibility index (Phi) is 7.95. The molecule has 0 heterocycles. The molecule has 0 aliphatic rings. The molecule has 0 unspecified atom stereocenters. The van der Waals surface area contributed by atoms with Crippen molar-refractivity contribution in [3.05, 3.63) is 94.0 Å². The number of hydrazone groups is 1. The Bertz CT molecular complexity index is 1060. The molecule has 0 aliphatic carbocycles. The molecule has 6 nitrogen and oxygen atoms in total. The molecule has 3 aromatic carbocycles. The number of ether oxygens (including phenoxy) is 2. The first-order chi connectivity index (χ1) is 15.1. The van der Waals surface area contributed by atoms with Crippen molar-refractivity contribution in [2.24, 2.45) is 5.10 Å². The summed E-state index contributed by atoms with van der Waals surface area (Å²) in [7, 11) is 0. The third kappa shape index (κ3) is 6.52. The Morgan fingerprint density at radius 3 is 2.32 bits per heavy atom. The smallest absolute Gasteiger partial charge is 0.344 e. The van der Waals surface area contributed by atoms with E-state index in [0.717, 1.165) is 17.7 Å². The number of nitrogens with one attached hydrogen (secondary N) is 1. The van der Waals surface area contributed by atoms with Gasteiger partial charge in [0.1, 0.15) is 11.5 Å². The summed E-state index contributed by atoms with van der Waals surface area (Å²) < 4.78 is 11.5. The third-order valence-corrected chi connectivity index (χ3v) is 4.84. The first kappa shape index (κ1) is 22.2. The van der Waals surface area contributed by atoms with E-state index in [9.17, 15) is 9.59 Å². The lowest BCUT2D eigenvalue weighted by Crippen LogP contribution is -2.17. The molecule has 0 fully saturated rings. The van der Waals surface area contributed by atoms with Gasteiger partial charge in [0, 0.05) is 10.0 Å². The topological polar surface area (TPSA) is 77.0 Å². The quantitative estimate of drug-likeness (QED) is 0.207. The molecular formula is C24H21BrN2O4. The highest BCUT2D eigenvalue weighted by atomic mass is 79.9. The number of carbonyl (C=O) groups excluding carboxylic acids is 2. The Morgan fingerprint density at radius 1 is 0.968 bits per heavy atom. The molecule has 0 saturated carbocycles. The van der Waals surface area contributed by atoms with E-state index in [4.69, 9.17) is 9.47 Å². The number of hydrogen-bond donors (Lipinski definition) is 1. The molecule has 0 aliphatic heterocycles. The minimum absolute atomic E-state index is 0.322. The lowest BCUT2D eigenvalue weighted by Gasteiger charge is -2.06. The minimum Gasteiger partial charge on any atom is -0.494 e. The largest absolute Gasteiger partial charge is 0.494 e. The number of nitrogens with zero attached hydrogens (tertiary/aromatic N) is 1. The summed E-state index contributed by atoms with van der Waals surface area (Å²) in [6.45, 7) is 2.67. The van der Waals surface area contributed by atoms with Gasteiger partial charge in [-0.25, -0.2) is 10.2 Å². The maximum absolute atomic E-state index is 12.2. The summed E-state index contributed by atoms with van der Waals surface area (Å²) in [5, 5.41) is 3.97. The van der Waals surface area contributed by atoms with Gasteiger partial charge in [-0.1, -0.05) is 19.1 Å². The maximum atomic E-state index is 12.2. The second-order valence-corrected chi connectivity index (χ2v) is 7.36. The first-order valence-corrected chi connectivity index (χ1v) is 10.5. The van der Waals surface area contributed by atoms with Crippen LogP contribution in [0.5, 0.6) is 11.5 Å². The molecule has 1 amide bonds. The Balaban J connectivity index is 1.53. The number of halogens is 1. The zero-order valence-electron chi connectivity index (χ0n) is 16.9. The summed E-state index contributed by atoms with van der Waals surface area (Å²) in [6, 6.07) is 20.7. The van der Waals surface area contributed by atoms with E-state index < -0.39 is 5.97 Å². The third-order valence-electron chi connectivity index (χ3n) is 4.15. The zero-order chi connectivity index (χ0) is 22.1. The van der Waals surface area contributed by atoms with Crippen LogP contribution in [0.25, 0.3) is 0 Å². The molecule has 7 heteroatoms. The van der Waals surface area contributed by atoms with Crippen molar-refractivity contribution in [3.8, 4) is 11.5 Å². The summed E-state index contributed by atoms with van der Waals surface area (Å²) in [6.07, 6.45) is 2.43. The van der Waals surface area contributed by atoms with Crippen LogP contribution in [0.3, 0.4) is 0 Å². The fourth-order valence-electron chi connectivity index (χ4n) is 2.56. The van der Waals surface area contributed by atoms with Gasteiger partial charge in [0.15, 0.2) is 0 Å². The van der Waals surface area contributed by atoms with Crippen LogP contribution >= 0.6 is 15.9 Å². The van der Waals surface area contributed by atoms with E-state index >= 15 is 0 Å². The lowest BCUT2D eigenvalue weighted by atomic mass is 10.2. The van der Waals surface area contributed by atoms with Crippen LogP contribution in [-0.4, -0.2) is 24.7 Å². The molecule has 0 saturated heterocycles. The van der Waals surface area contributed by atoms with Gasteiger partial charge < -0.3 is 9.47 Å². The van der Waals surface area contributed by atoms with Gasteiger partial charge in [-0.3, -0.25) is 4.79 Å². The van der Waals surface area contributed by atoms with Crippen molar-refractivity contribution in [1.82, 2.24) is 5.43 Å². The monoisotopic (exact) mass is 480 g/mol. The van der Waals surface area contributed by atoms with E-state index in [2.05, 4.69) is 26.5 Å². The van der Waals surface area contributed by atoms with Crippen LogP contribution in [0, 0.1) is 0 Å². The molecule has 0 bridgehead atoms. The van der Waals surface area contributed by atoms with Crippen molar-refractivity contribution < 1.29 is 19.1 Å².